The number of hydrogen-bond donors (Lipinski definition) is 1. The summed E-state index contributed by atoms with van der Waals surface area (Å²) in [5.74, 6) is -0.936. The lowest BCUT2D eigenvalue weighted by Crippen LogP contribution is -2.04. The van der Waals surface area contributed by atoms with Crippen LogP contribution in [0.3, 0.4) is 0 Å². The lowest BCUT2D eigenvalue weighted by atomic mass is 10.1. The minimum absolute atomic E-state index is 0.0564. The van der Waals surface area contributed by atoms with Gasteiger partial charge in [-0.25, -0.2) is 0 Å². The summed E-state index contributed by atoms with van der Waals surface area (Å²) in [7, 11) is 0. The Bertz CT molecular complexity index is 623. The van der Waals surface area contributed by atoms with Crippen molar-refractivity contribution in [2.45, 2.75) is 19.0 Å². The van der Waals surface area contributed by atoms with Gasteiger partial charge in [-0.2, -0.15) is 13.2 Å². The molecule has 0 amide bonds. The van der Waals surface area contributed by atoms with Gasteiger partial charge < -0.3 is 5.11 Å². The van der Waals surface area contributed by atoms with Gasteiger partial charge in [-0.3, -0.25) is 9.78 Å². The number of carboxylic acid groups (broad SMARTS) is 1. The number of pyridine rings is 1. The zero-order chi connectivity index (χ0) is 14.0. The first-order chi connectivity index (χ1) is 8.86. The summed E-state index contributed by atoms with van der Waals surface area (Å²) in [6.45, 7) is 0. The molecule has 2 rings (SSSR count). The summed E-state index contributed by atoms with van der Waals surface area (Å²) >= 11 is 0. The van der Waals surface area contributed by atoms with Gasteiger partial charge in [0.15, 0.2) is 0 Å². The molecule has 6 heteroatoms. The van der Waals surface area contributed by atoms with Crippen molar-refractivity contribution in [3.8, 4) is 0 Å². The van der Waals surface area contributed by atoms with Gasteiger partial charge in [0, 0.05) is 17.5 Å². The van der Waals surface area contributed by atoms with E-state index in [0.29, 0.717) is 16.6 Å². The van der Waals surface area contributed by atoms with Crippen molar-refractivity contribution in [1.82, 2.24) is 4.98 Å². The van der Waals surface area contributed by atoms with Crippen molar-refractivity contribution in [1.29, 1.82) is 0 Å². The molecule has 0 spiro atoms. The Morgan fingerprint density at radius 2 is 1.95 bits per heavy atom. The second kappa shape index (κ2) is 4.87. The zero-order valence-electron chi connectivity index (χ0n) is 9.74. The van der Waals surface area contributed by atoms with Crippen LogP contribution in [0.1, 0.15) is 17.7 Å². The Morgan fingerprint density at radius 1 is 1.21 bits per heavy atom. The predicted molar refractivity (Wildman–Crippen MR) is 62.7 cm³/mol. The SMILES string of the molecule is O=C(O)CCc1ccc2cc(C(F)(F)F)ccc2n1. The van der Waals surface area contributed by atoms with E-state index in [-0.39, 0.29) is 12.8 Å². The lowest BCUT2D eigenvalue weighted by molar-refractivity contribution is -0.138. The Kier molecular flexibility index (Phi) is 3.42. The molecular weight excluding hydrogens is 259 g/mol. The number of hydrogen-bond acceptors (Lipinski definition) is 2. The molecule has 1 heterocycles. The molecule has 0 radical (unpaired) electrons. The molecule has 100 valence electrons. The van der Waals surface area contributed by atoms with E-state index in [1.165, 1.54) is 12.1 Å². The van der Waals surface area contributed by atoms with Crippen molar-refractivity contribution in [2.75, 3.05) is 0 Å². The minimum atomic E-state index is -4.38. The summed E-state index contributed by atoms with van der Waals surface area (Å²) < 4.78 is 37.6. The number of halogens is 3. The summed E-state index contributed by atoms with van der Waals surface area (Å²) in [6, 6.07) is 6.36. The third-order valence-electron chi connectivity index (χ3n) is 2.67. The number of rotatable bonds is 3. The van der Waals surface area contributed by atoms with Crippen molar-refractivity contribution in [3.63, 3.8) is 0 Å². The topological polar surface area (TPSA) is 50.2 Å². The first-order valence-electron chi connectivity index (χ1n) is 5.55. The molecule has 0 atom stereocenters. The molecule has 0 fully saturated rings. The molecule has 3 nitrogen and oxygen atoms in total. The fourth-order valence-electron chi connectivity index (χ4n) is 1.72. The summed E-state index contributed by atoms with van der Waals surface area (Å²) in [6.07, 6.45) is -4.18. The van der Waals surface area contributed by atoms with Gasteiger partial charge in [-0.05, 0) is 24.3 Å². The number of fused-ring (bicyclic) bond motifs is 1. The van der Waals surface area contributed by atoms with Gasteiger partial charge in [0.1, 0.15) is 0 Å². The molecule has 0 unspecified atom stereocenters. The number of benzene rings is 1. The maximum atomic E-state index is 12.5. The van der Waals surface area contributed by atoms with Crippen LogP contribution in [0.2, 0.25) is 0 Å². The number of carboxylic acids is 1. The van der Waals surface area contributed by atoms with Crippen LogP contribution in [0.15, 0.2) is 30.3 Å². The molecule has 0 saturated heterocycles. The highest BCUT2D eigenvalue weighted by Crippen LogP contribution is 2.31. The van der Waals surface area contributed by atoms with Crippen LogP contribution in [0.4, 0.5) is 13.2 Å². The van der Waals surface area contributed by atoms with E-state index in [0.717, 1.165) is 12.1 Å². The quantitative estimate of drug-likeness (QED) is 0.930. The molecule has 2 aromatic rings. The van der Waals surface area contributed by atoms with Crippen LogP contribution in [-0.2, 0) is 17.4 Å². The van der Waals surface area contributed by atoms with Crippen LogP contribution in [0.5, 0.6) is 0 Å². The largest absolute Gasteiger partial charge is 0.481 e. The molecule has 1 N–H and O–H groups in total. The lowest BCUT2D eigenvalue weighted by Gasteiger charge is -2.08. The van der Waals surface area contributed by atoms with Crippen LogP contribution >= 0.6 is 0 Å². The van der Waals surface area contributed by atoms with Gasteiger partial charge in [0.05, 0.1) is 17.5 Å². The van der Waals surface area contributed by atoms with E-state index in [1.54, 1.807) is 6.07 Å². The highest BCUT2D eigenvalue weighted by Gasteiger charge is 2.30. The number of aromatic nitrogens is 1. The summed E-state index contributed by atoms with van der Waals surface area (Å²) in [5.41, 5.74) is 0.255. The van der Waals surface area contributed by atoms with Crippen molar-refractivity contribution < 1.29 is 23.1 Å². The van der Waals surface area contributed by atoms with E-state index in [9.17, 15) is 18.0 Å². The van der Waals surface area contributed by atoms with Gasteiger partial charge in [0.2, 0.25) is 0 Å². The Labute approximate surface area is 106 Å². The van der Waals surface area contributed by atoms with E-state index >= 15 is 0 Å². The number of nitrogens with zero attached hydrogens (tertiary/aromatic N) is 1. The number of carbonyl (C=O) groups is 1. The van der Waals surface area contributed by atoms with Gasteiger partial charge in [-0.1, -0.05) is 6.07 Å². The summed E-state index contributed by atoms with van der Waals surface area (Å²) in [5, 5.41) is 8.94. The maximum Gasteiger partial charge on any atom is 0.416 e. The van der Waals surface area contributed by atoms with Gasteiger partial charge >= 0.3 is 12.1 Å². The van der Waals surface area contributed by atoms with Crippen LogP contribution in [0.25, 0.3) is 10.9 Å². The molecule has 0 saturated carbocycles. The highest BCUT2D eigenvalue weighted by atomic mass is 19.4. The van der Waals surface area contributed by atoms with Crippen LogP contribution in [0, 0.1) is 0 Å². The predicted octanol–water partition coefficient (Wildman–Crippen LogP) is 3.27. The molecule has 0 aliphatic carbocycles. The van der Waals surface area contributed by atoms with Crippen molar-refractivity contribution in [2.24, 2.45) is 0 Å². The van der Waals surface area contributed by atoms with E-state index < -0.39 is 17.7 Å². The minimum Gasteiger partial charge on any atom is -0.481 e. The third kappa shape index (κ3) is 3.21. The standard InChI is InChI=1S/C13H10F3NO2/c14-13(15,16)9-2-5-11-8(7-9)1-3-10(17-11)4-6-12(18)19/h1-3,5,7H,4,6H2,(H,18,19). The number of alkyl halides is 3. The second-order valence-electron chi connectivity index (χ2n) is 4.10. The van der Waals surface area contributed by atoms with Crippen molar-refractivity contribution >= 4 is 16.9 Å². The molecule has 0 bridgehead atoms. The number of aryl methyl sites for hydroxylation is 1. The Balaban J connectivity index is 2.32. The molecular formula is C13H10F3NO2. The first kappa shape index (κ1) is 13.3. The number of aliphatic carboxylic acids is 1. The van der Waals surface area contributed by atoms with Crippen LogP contribution < -0.4 is 0 Å². The fourth-order valence-corrected chi connectivity index (χ4v) is 1.72. The summed E-state index contributed by atoms with van der Waals surface area (Å²) in [4.78, 5) is 14.6. The van der Waals surface area contributed by atoms with E-state index in [4.69, 9.17) is 5.11 Å². The normalized spacial score (nSPS) is 11.7. The van der Waals surface area contributed by atoms with Crippen molar-refractivity contribution in [3.05, 3.63) is 41.6 Å². The molecule has 19 heavy (non-hydrogen) atoms. The Hall–Kier alpha value is -2.11. The monoisotopic (exact) mass is 269 g/mol. The third-order valence-corrected chi connectivity index (χ3v) is 2.67. The zero-order valence-corrected chi connectivity index (χ0v) is 9.74. The van der Waals surface area contributed by atoms with E-state index in [2.05, 4.69) is 4.98 Å². The maximum absolute atomic E-state index is 12.5. The van der Waals surface area contributed by atoms with Crippen LogP contribution in [-0.4, -0.2) is 16.1 Å². The molecule has 0 aliphatic heterocycles. The Morgan fingerprint density at radius 3 is 2.58 bits per heavy atom. The highest BCUT2D eigenvalue weighted by molar-refractivity contribution is 5.79. The smallest absolute Gasteiger partial charge is 0.416 e. The second-order valence-corrected chi connectivity index (χ2v) is 4.10. The molecule has 0 aliphatic rings. The average Bonchev–Trinajstić information content (AvgIpc) is 2.34. The first-order valence-corrected chi connectivity index (χ1v) is 5.55. The molecule has 1 aromatic heterocycles. The fraction of sp³-hybridized carbons (Fsp3) is 0.231. The molecule has 1 aromatic carbocycles. The van der Waals surface area contributed by atoms with Gasteiger partial charge in [0.25, 0.3) is 0 Å². The van der Waals surface area contributed by atoms with E-state index in [1.807, 2.05) is 0 Å². The average molecular weight is 269 g/mol. The van der Waals surface area contributed by atoms with Gasteiger partial charge in [-0.15, -0.1) is 0 Å².